The van der Waals surface area contributed by atoms with Gasteiger partial charge in [-0.1, -0.05) is 0 Å². The molecule has 1 aromatic carbocycles. The van der Waals surface area contributed by atoms with E-state index < -0.39 is 17.4 Å². The van der Waals surface area contributed by atoms with Crippen molar-refractivity contribution in [3.63, 3.8) is 0 Å². The minimum atomic E-state index is -0.833. The molecule has 0 aliphatic carbocycles. The van der Waals surface area contributed by atoms with Gasteiger partial charge in [-0.2, -0.15) is 0 Å². The second-order valence-electron chi connectivity index (χ2n) is 1.61. The molecule has 48 valence electrons. The van der Waals surface area contributed by atoms with Crippen LogP contribution in [0.25, 0.3) is 0 Å². The van der Waals surface area contributed by atoms with Gasteiger partial charge in [-0.3, -0.25) is 0 Å². The SMILES string of the molecule is [Li+].[O-]c1cc(F)cc(F)c1. The summed E-state index contributed by atoms with van der Waals surface area (Å²) in [7, 11) is 0. The molecule has 0 N–H and O–H groups in total. The van der Waals surface area contributed by atoms with E-state index in [1.165, 1.54) is 0 Å². The third-order valence-corrected chi connectivity index (χ3v) is 0.836. The van der Waals surface area contributed by atoms with Crippen molar-refractivity contribution >= 4 is 0 Å². The molecule has 0 atom stereocenters. The Morgan fingerprint density at radius 2 is 1.40 bits per heavy atom. The zero-order valence-electron chi connectivity index (χ0n) is 5.40. The van der Waals surface area contributed by atoms with Crippen LogP contribution in [-0.4, -0.2) is 0 Å². The minimum Gasteiger partial charge on any atom is -0.872 e. The zero-order chi connectivity index (χ0) is 6.85. The maximum atomic E-state index is 12.0. The predicted octanol–water partition coefficient (Wildman–Crippen LogP) is -1.96. The van der Waals surface area contributed by atoms with Gasteiger partial charge in [-0.05, 0) is 12.1 Å². The van der Waals surface area contributed by atoms with E-state index in [1.807, 2.05) is 0 Å². The zero-order valence-corrected chi connectivity index (χ0v) is 5.40. The van der Waals surface area contributed by atoms with Gasteiger partial charge in [0.1, 0.15) is 11.6 Å². The summed E-state index contributed by atoms with van der Waals surface area (Å²) in [5.41, 5.74) is 0. The van der Waals surface area contributed by atoms with Crippen molar-refractivity contribution in [1.82, 2.24) is 0 Å². The number of hydrogen-bond donors (Lipinski definition) is 0. The van der Waals surface area contributed by atoms with E-state index in [1.54, 1.807) is 0 Å². The molecule has 0 heterocycles. The Kier molecular flexibility index (Phi) is 3.41. The molecule has 0 unspecified atom stereocenters. The molecule has 0 radical (unpaired) electrons. The van der Waals surface area contributed by atoms with Gasteiger partial charge in [0.05, 0.1) is 0 Å². The monoisotopic (exact) mass is 136 g/mol. The van der Waals surface area contributed by atoms with Crippen molar-refractivity contribution in [2.24, 2.45) is 0 Å². The molecule has 10 heavy (non-hydrogen) atoms. The van der Waals surface area contributed by atoms with Crippen molar-refractivity contribution in [3.8, 4) is 5.75 Å². The molecule has 1 rings (SSSR count). The summed E-state index contributed by atoms with van der Waals surface area (Å²) >= 11 is 0. The van der Waals surface area contributed by atoms with Crippen LogP contribution < -0.4 is 24.0 Å². The summed E-state index contributed by atoms with van der Waals surface area (Å²) in [6.45, 7) is 0. The van der Waals surface area contributed by atoms with Crippen LogP contribution >= 0.6 is 0 Å². The number of rotatable bonds is 0. The van der Waals surface area contributed by atoms with Gasteiger partial charge in [-0.15, -0.1) is 5.75 Å². The Hall–Kier alpha value is -0.523. The Labute approximate surface area is 68.9 Å². The van der Waals surface area contributed by atoms with Crippen LogP contribution in [0, 0.1) is 11.6 Å². The summed E-state index contributed by atoms with van der Waals surface area (Å²) in [5.74, 6) is -2.31. The van der Waals surface area contributed by atoms with Crippen LogP contribution in [0.4, 0.5) is 8.78 Å². The van der Waals surface area contributed by atoms with Crippen molar-refractivity contribution < 1.29 is 32.7 Å². The molecule has 0 fully saturated rings. The molecule has 0 saturated carbocycles. The average Bonchev–Trinajstić information content (AvgIpc) is 1.59. The van der Waals surface area contributed by atoms with Crippen LogP contribution in [0.15, 0.2) is 18.2 Å². The van der Waals surface area contributed by atoms with Crippen LogP contribution in [0.1, 0.15) is 0 Å². The van der Waals surface area contributed by atoms with Crippen molar-refractivity contribution in [2.75, 3.05) is 0 Å². The van der Waals surface area contributed by atoms with E-state index in [-0.39, 0.29) is 18.9 Å². The van der Waals surface area contributed by atoms with Gasteiger partial charge in [0.15, 0.2) is 0 Å². The van der Waals surface area contributed by atoms with Gasteiger partial charge >= 0.3 is 18.9 Å². The third-order valence-electron chi connectivity index (χ3n) is 0.836. The quantitative estimate of drug-likeness (QED) is 0.380. The number of hydrogen-bond acceptors (Lipinski definition) is 1. The number of halogens is 2. The molecular formula is C6H3F2LiO. The van der Waals surface area contributed by atoms with E-state index in [2.05, 4.69) is 0 Å². The summed E-state index contributed by atoms with van der Waals surface area (Å²) in [6, 6.07) is 2.10. The topological polar surface area (TPSA) is 23.1 Å². The van der Waals surface area contributed by atoms with Crippen LogP contribution in [0.3, 0.4) is 0 Å². The molecule has 0 spiro atoms. The van der Waals surface area contributed by atoms with Gasteiger partial charge < -0.3 is 5.11 Å². The molecule has 4 heteroatoms. The molecule has 0 aliphatic rings. The predicted molar refractivity (Wildman–Crippen MR) is 25.8 cm³/mol. The molecule has 0 saturated heterocycles. The number of benzene rings is 1. The van der Waals surface area contributed by atoms with Crippen LogP contribution in [0.2, 0.25) is 0 Å². The summed E-state index contributed by atoms with van der Waals surface area (Å²) < 4.78 is 24.0. The van der Waals surface area contributed by atoms with Crippen LogP contribution in [-0.2, 0) is 0 Å². The fraction of sp³-hybridized carbons (Fsp3) is 0. The van der Waals surface area contributed by atoms with Gasteiger partial charge in [0.2, 0.25) is 0 Å². The Balaban J connectivity index is 0.000000810. The summed E-state index contributed by atoms with van der Waals surface area (Å²) in [6.07, 6.45) is 0. The molecule has 1 aromatic rings. The first-order valence-electron chi connectivity index (χ1n) is 2.31. The normalized spacial score (nSPS) is 8.60. The summed E-state index contributed by atoms with van der Waals surface area (Å²) in [5, 5.41) is 10.2. The standard InChI is InChI=1S/C6H4F2O.Li/c7-4-1-5(8)3-6(9)2-4;/h1-3,9H;/q;+1/p-1. The van der Waals surface area contributed by atoms with Gasteiger partial charge in [-0.25, -0.2) is 8.78 Å². The smallest absolute Gasteiger partial charge is 0.872 e. The molecule has 0 aliphatic heterocycles. The molecule has 1 nitrogen and oxygen atoms in total. The first kappa shape index (κ1) is 9.48. The Morgan fingerprint density at radius 1 is 1.00 bits per heavy atom. The average molecular weight is 136 g/mol. The van der Waals surface area contributed by atoms with E-state index in [4.69, 9.17) is 0 Å². The van der Waals surface area contributed by atoms with E-state index in [0.717, 1.165) is 12.1 Å². The van der Waals surface area contributed by atoms with Crippen LogP contribution in [0.5, 0.6) is 5.75 Å². The van der Waals surface area contributed by atoms with Gasteiger partial charge in [0.25, 0.3) is 0 Å². The Bertz CT molecular complexity index is 177. The maximum absolute atomic E-state index is 12.0. The van der Waals surface area contributed by atoms with Crippen molar-refractivity contribution in [1.29, 1.82) is 0 Å². The fourth-order valence-electron chi connectivity index (χ4n) is 0.529. The Morgan fingerprint density at radius 3 is 1.70 bits per heavy atom. The molecular weight excluding hydrogens is 133 g/mol. The summed E-state index contributed by atoms with van der Waals surface area (Å²) in [4.78, 5) is 0. The third kappa shape index (κ3) is 2.38. The first-order valence-corrected chi connectivity index (χ1v) is 2.31. The second-order valence-corrected chi connectivity index (χ2v) is 1.61. The fourth-order valence-corrected chi connectivity index (χ4v) is 0.529. The molecule has 0 amide bonds. The van der Waals surface area contributed by atoms with E-state index in [9.17, 15) is 13.9 Å². The van der Waals surface area contributed by atoms with Crippen molar-refractivity contribution in [3.05, 3.63) is 29.8 Å². The largest absolute Gasteiger partial charge is 1.00 e. The van der Waals surface area contributed by atoms with E-state index in [0.29, 0.717) is 6.07 Å². The second kappa shape index (κ2) is 3.60. The molecule has 0 bridgehead atoms. The first-order chi connectivity index (χ1) is 4.18. The van der Waals surface area contributed by atoms with E-state index >= 15 is 0 Å². The maximum Gasteiger partial charge on any atom is 1.00 e. The van der Waals surface area contributed by atoms with Crippen molar-refractivity contribution in [2.45, 2.75) is 0 Å². The van der Waals surface area contributed by atoms with Gasteiger partial charge in [0, 0.05) is 6.07 Å². The minimum absolute atomic E-state index is 0. The molecule has 0 aromatic heterocycles.